The van der Waals surface area contributed by atoms with Crippen molar-refractivity contribution in [1.82, 2.24) is 0 Å². The first-order chi connectivity index (χ1) is 6.36. The lowest BCUT2D eigenvalue weighted by Crippen LogP contribution is -1.85. The monoisotopic (exact) mass is 178 g/mol. The summed E-state index contributed by atoms with van der Waals surface area (Å²) in [6.07, 6.45) is 0. The predicted octanol–water partition coefficient (Wildman–Crippen LogP) is 2.45. The van der Waals surface area contributed by atoms with Crippen molar-refractivity contribution in [2.45, 2.75) is 0 Å². The molecule has 0 unspecified atom stereocenters. The predicted molar refractivity (Wildman–Crippen MR) is 49.3 cm³/mol. The Morgan fingerprint density at radius 1 is 1.08 bits per heavy atom. The van der Waals surface area contributed by atoms with Gasteiger partial charge in [-0.2, -0.15) is 0 Å². The highest BCUT2D eigenvalue weighted by Gasteiger charge is 2.13. The van der Waals surface area contributed by atoms with Crippen molar-refractivity contribution in [3.8, 4) is 11.7 Å². The van der Waals surface area contributed by atoms with Gasteiger partial charge in [-0.3, -0.25) is 0 Å². The average molecular weight is 178 g/mol. The zero-order chi connectivity index (χ0) is 9.26. The molecular weight excluding hydrogens is 168 g/mol. The molecule has 0 aliphatic heterocycles. The van der Waals surface area contributed by atoms with Gasteiger partial charge in [0.2, 0.25) is 5.75 Å². The summed E-state index contributed by atoms with van der Waals surface area (Å²) in [5, 5.41) is 0.932. The van der Waals surface area contributed by atoms with Crippen LogP contribution in [0.2, 0.25) is 0 Å². The van der Waals surface area contributed by atoms with Gasteiger partial charge in [0.05, 0.1) is 19.6 Å². The Labute approximate surface area is 75.9 Å². The zero-order valence-corrected chi connectivity index (χ0v) is 7.53. The summed E-state index contributed by atoms with van der Waals surface area (Å²) in [5.74, 6) is 1.07. The van der Waals surface area contributed by atoms with Gasteiger partial charge in [-0.25, -0.2) is 0 Å². The van der Waals surface area contributed by atoms with Crippen molar-refractivity contribution in [3.05, 3.63) is 24.3 Å². The normalized spacial score (nSPS) is 10.3. The maximum absolute atomic E-state index is 5.39. The van der Waals surface area contributed by atoms with Crippen LogP contribution in [0.15, 0.2) is 28.7 Å². The molecule has 3 nitrogen and oxygen atoms in total. The van der Waals surface area contributed by atoms with Crippen LogP contribution >= 0.6 is 0 Å². The molecule has 1 aromatic heterocycles. The molecule has 68 valence electrons. The van der Waals surface area contributed by atoms with E-state index >= 15 is 0 Å². The molecule has 0 fully saturated rings. The fourth-order valence-electron chi connectivity index (χ4n) is 1.33. The Bertz CT molecular complexity index is 417. The minimum absolute atomic E-state index is 0.420. The van der Waals surface area contributed by atoms with Crippen LogP contribution in [-0.4, -0.2) is 14.2 Å². The molecule has 0 aliphatic carbocycles. The van der Waals surface area contributed by atoms with Gasteiger partial charge in [-0.15, -0.1) is 0 Å². The third-order valence-electron chi connectivity index (χ3n) is 1.91. The standard InChI is InChI=1S/C10H10O3/c1-11-9-7-5-3-4-6-8(7)13-10(9)12-2/h3-6H,1-2H3. The maximum atomic E-state index is 5.39. The van der Waals surface area contributed by atoms with Crippen LogP contribution in [0.5, 0.6) is 11.7 Å². The highest BCUT2D eigenvalue weighted by atomic mass is 16.6. The number of ether oxygens (including phenoxy) is 2. The van der Waals surface area contributed by atoms with Crippen LogP contribution in [0.25, 0.3) is 11.0 Å². The summed E-state index contributed by atoms with van der Waals surface area (Å²) >= 11 is 0. The summed E-state index contributed by atoms with van der Waals surface area (Å²) in [6, 6.07) is 7.64. The van der Waals surface area contributed by atoms with Crippen LogP contribution < -0.4 is 9.47 Å². The molecule has 0 N–H and O–H groups in total. The van der Waals surface area contributed by atoms with Crippen molar-refractivity contribution >= 4 is 11.0 Å². The van der Waals surface area contributed by atoms with E-state index in [0.29, 0.717) is 11.7 Å². The SMILES string of the molecule is COc1oc2ccccc2c1OC. The first-order valence-electron chi connectivity index (χ1n) is 3.96. The first kappa shape index (κ1) is 7.98. The van der Waals surface area contributed by atoms with Gasteiger partial charge in [0.15, 0.2) is 0 Å². The van der Waals surface area contributed by atoms with E-state index in [1.165, 1.54) is 0 Å². The Balaban J connectivity index is 2.73. The van der Waals surface area contributed by atoms with Gasteiger partial charge < -0.3 is 13.9 Å². The average Bonchev–Trinajstić information content (AvgIpc) is 2.55. The van der Waals surface area contributed by atoms with Crippen molar-refractivity contribution in [2.24, 2.45) is 0 Å². The smallest absolute Gasteiger partial charge is 0.329 e. The second-order valence-corrected chi connectivity index (χ2v) is 2.62. The Kier molecular flexibility index (Phi) is 1.85. The van der Waals surface area contributed by atoms with E-state index in [-0.39, 0.29) is 0 Å². The van der Waals surface area contributed by atoms with Crippen LogP contribution in [0.4, 0.5) is 0 Å². The molecule has 0 bridgehead atoms. The Hall–Kier alpha value is -1.64. The van der Waals surface area contributed by atoms with E-state index in [1.807, 2.05) is 24.3 Å². The molecule has 1 heterocycles. The quantitative estimate of drug-likeness (QED) is 0.707. The maximum Gasteiger partial charge on any atom is 0.329 e. The minimum atomic E-state index is 0.420. The van der Waals surface area contributed by atoms with Crippen LogP contribution in [0.1, 0.15) is 0 Å². The summed E-state index contributed by atoms with van der Waals surface area (Å²) in [7, 11) is 3.15. The fraction of sp³-hybridized carbons (Fsp3) is 0.200. The topological polar surface area (TPSA) is 31.6 Å². The zero-order valence-electron chi connectivity index (χ0n) is 7.53. The van der Waals surface area contributed by atoms with Crippen LogP contribution in [0.3, 0.4) is 0 Å². The van der Waals surface area contributed by atoms with Gasteiger partial charge in [0, 0.05) is 0 Å². The number of hydrogen-bond acceptors (Lipinski definition) is 3. The summed E-state index contributed by atoms with van der Waals surface area (Å²) in [4.78, 5) is 0. The van der Waals surface area contributed by atoms with Gasteiger partial charge in [0.1, 0.15) is 5.58 Å². The number of furan rings is 1. The van der Waals surface area contributed by atoms with Crippen LogP contribution in [-0.2, 0) is 0 Å². The molecule has 3 heteroatoms. The van der Waals surface area contributed by atoms with E-state index in [0.717, 1.165) is 11.0 Å². The second kappa shape index (κ2) is 3.01. The van der Waals surface area contributed by atoms with Crippen molar-refractivity contribution in [3.63, 3.8) is 0 Å². The van der Waals surface area contributed by atoms with Gasteiger partial charge >= 0.3 is 5.95 Å². The number of para-hydroxylation sites is 1. The van der Waals surface area contributed by atoms with E-state index in [1.54, 1.807) is 14.2 Å². The highest BCUT2D eigenvalue weighted by Crippen LogP contribution is 2.38. The molecule has 0 spiro atoms. The van der Waals surface area contributed by atoms with Gasteiger partial charge in [0.25, 0.3) is 0 Å². The highest BCUT2D eigenvalue weighted by molar-refractivity contribution is 5.86. The molecule has 0 aliphatic rings. The van der Waals surface area contributed by atoms with Gasteiger partial charge in [-0.1, -0.05) is 12.1 Å². The summed E-state index contributed by atoms with van der Waals surface area (Å²) in [6.45, 7) is 0. The molecule has 0 saturated heterocycles. The molecule has 0 radical (unpaired) electrons. The lowest BCUT2D eigenvalue weighted by molar-refractivity contribution is 0.287. The number of rotatable bonds is 2. The molecule has 0 amide bonds. The van der Waals surface area contributed by atoms with E-state index in [2.05, 4.69) is 0 Å². The molecule has 0 saturated carbocycles. The lowest BCUT2D eigenvalue weighted by atomic mass is 10.2. The molecule has 2 rings (SSSR count). The molecule has 2 aromatic rings. The van der Waals surface area contributed by atoms with E-state index in [4.69, 9.17) is 13.9 Å². The van der Waals surface area contributed by atoms with Gasteiger partial charge in [-0.05, 0) is 12.1 Å². The Morgan fingerprint density at radius 3 is 2.54 bits per heavy atom. The molecule has 0 atom stereocenters. The summed E-state index contributed by atoms with van der Waals surface area (Å²) < 4.78 is 15.6. The number of fused-ring (bicyclic) bond motifs is 1. The largest absolute Gasteiger partial charge is 0.489 e. The molecule has 1 aromatic carbocycles. The van der Waals surface area contributed by atoms with E-state index in [9.17, 15) is 0 Å². The van der Waals surface area contributed by atoms with Crippen molar-refractivity contribution in [2.75, 3.05) is 14.2 Å². The van der Waals surface area contributed by atoms with Crippen molar-refractivity contribution < 1.29 is 13.9 Å². The number of methoxy groups -OCH3 is 2. The number of benzene rings is 1. The summed E-state index contributed by atoms with van der Waals surface area (Å²) in [5.41, 5.74) is 0.774. The Morgan fingerprint density at radius 2 is 1.85 bits per heavy atom. The molecular formula is C10H10O3. The third-order valence-corrected chi connectivity index (χ3v) is 1.91. The molecule has 13 heavy (non-hydrogen) atoms. The third kappa shape index (κ3) is 1.13. The van der Waals surface area contributed by atoms with Crippen LogP contribution in [0, 0.1) is 0 Å². The van der Waals surface area contributed by atoms with Crippen molar-refractivity contribution in [1.29, 1.82) is 0 Å². The lowest BCUT2D eigenvalue weighted by Gasteiger charge is -1.97. The minimum Gasteiger partial charge on any atom is -0.489 e. The second-order valence-electron chi connectivity index (χ2n) is 2.62. The fourth-order valence-corrected chi connectivity index (χ4v) is 1.33. The number of hydrogen-bond donors (Lipinski definition) is 0. The first-order valence-corrected chi connectivity index (χ1v) is 3.96. The van der Waals surface area contributed by atoms with E-state index < -0.39 is 0 Å².